The second-order valence-corrected chi connectivity index (χ2v) is 4.98. The van der Waals surface area contributed by atoms with Gasteiger partial charge >= 0.3 is 0 Å². The Bertz CT molecular complexity index is 347. The third-order valence-electron chi connectivity index (χ3n) is 3.86. The molecule has 110 valence electrons. The lowest BCUT2D eigenvalue weighted by Gasteiger charge is -2.50. The topological polar surface area (TPSA) is 84.2 Å². The van der Waals surface area contributed by atoms with Gasteiger partial charge in [-0.15, -0.1) is 0 Å². The SMILES string of the molecule is CCC1(CC)C(=O)N(CCO)C(=S)N(CCO)C1O. The lowest BCUT2D eigenvalue weighted by Crippen LogP contribution is -2.67. The summed E-state index contributed by atoms with van der Waals surface area (Å²) >= 11 is 5.18. The summed E-state index contributed by atoms with van der Waals surface area (Å²) in [6.07, 6.45) is -0.101. The van der Waals surface area contributed by atoms with Crippen molar-refractivity contribution in [1.29, 1.82) is 0 Å². The highest BCUT2D eigenvalue weighted by molar-refractivity contribution is 7.80. The number of thiocarbonyl (C=S) groups is 1. The summed E-state index contributed by atoms with van der Waals surface area (Å²) in [5, 5.41) is 28.8. The first kappa shape index (κ1) is 16.3. The summed E-state index contributed by atoms with van der Waals surface area (Å²) in [7, 11) is 0. The van der Waals surface area contributed by atoms with E-state index in [4.69, 9.17) is 22.4 Å². The predicted molar refractivity (Wildman–Crippen MR) is 74.2 cm³/mol. The van der Waals surface area contributed by atoms with Gasteiger partial charge in [0, 0.05) is 6.54 Å². The summed E-state index contributed by atoms with van der Waals surface area (Å²) < 4.78 is 0. The van der Waals surface area contributed by atoms with E-state index < -0.39 is 11.6 Å². The van der Waals surface area contributed by atoms with Crippen LogP contribution in [0.4, 0.5) is 0 Å². The molecule has 6 nitrogen and oxygen atoms in total. The monoisotopic (exact) mass is 290 g/mol. The number of hydrogen-bond acceptors (Lipinski definition) is 5. The van der Waals surface area contributed by atoms with Crippen LogP contribution < -0.4 is 0 Å². The van der Waals surface area contributed by atoms with Gasteiger partial charge in [0.2, 0.25) is 5.91 Å². The number of carbonyl (C=O) groups excluding carboxylic acids is 1. The minimum atomic E-state index is -1.04. The molecule has 1 unspecified atom stereocenters. The van der Waals surface area contributed by atoms with Crippen LogP contribution in [0.2, 0.25) is 0 Å². The Morgan fingerprint density at radius 1 is 1.21 bits per heavy atom. The van der Waals surface area contributed by atoms with Crippen molar-refractivity contribution < 1.29 is 20.1 Å². The van der Waals surface area contributed by atoms with E-state index in [9.17, 15) is 9.90 Å². The maximum Gasteiger partial charge on any atom is 0.239 e. The molecule has 0 spiro atoms. The normalized spacial score (nSPS) is 23.1. The van der Waals surface area contributed by atoms with Crippen molar-refractivity contribution in [3.63, 3.8) is 0 Å². The van der Waals surface area contributed by atoms with Crippen LogP contribution >= 0.6 is 12.2 Å². The van der Waals surface area contributed by atoms with Crippen molar-refractivity contribution in [2.24, 2.45) is 5.41 Å². The predicted octanol–water partition coefficient (Wildman–Crippen LogP) is -0.475. The summed E-state index contributed by atoms with van der Waals surface area (Å²) in [6, 6.07) is 0. The van der Waals surface area contributed by atoms with Gasteiger partial charge in [-0.1, -0.05) is 13.8 Å². The molecular weight excluding hydrogens is 268 g/mol. The van der Waals surface area contributed by atoms with Crippen molar-refractivity contribution in [1.82, 2.24) is 9.80 Å². The highest BCUT2D eigenvalue weighted by Crippen LogP contribution is 2.38. The molecule has 0 aliphatic carbocycles. The van der Waals surface area contributed by atoms with E-state index >= 15 is 0 Å². The molecule has 0 aromatic heterocycles. The van der Waals surface area contributed by atoms with E-state index in [1.807, 2.05) is 13.8 Å². The third-order valence-corrected chi connectivity index (χ3v) is 4.32. The zero-order valence-electron chi connectivity index (χ0n) is 11.4. The Labute approximate surface area is 118 Å². The molecule has 1 saturated heterocycles. The third kappa shape index (κ3) is 2.60. The number of aliphatic hydroxyl groups is 3. The first-order chi connectivity index (χ1) is 8.99. The fourth-order valence-corrected chi connectivity index (χ4v) is 2.93. The molecule has 3 N–H and O–H groups in total. The minimum Gasteiger partial charge on any atom is -0.395 e. The molecule has 1 aliphatic heterocycles. The number of β-amino-alcohol motifs (C(OH)–C–C–N with tert-alkyl or cyclic N) is 2. The van der Waals surface area contributed by atoms with Crippen molar-refractivity contribution in [2.45, 2.75) is 32.9 Å². The average molecular weight is 290 g/mol. The number of hydrogen-bond donors (Lipinski definition) is 3. The molecule has 1 rings (SSSR count). The van der Waals surface area contributed by atoms with E-state index in [-0.39, 0.29) is 37.3 Å². The maximum atomic E-state index is 12.5. The van der Waals surface area contributed by atoms with Gasteiger partial charge in [-0.2, -0.15) is 0 Å². The molecule has 1 fully saturated rings. The summed E-state index contributed by atoms with van der Waals surface area (Å²) in [5.41, 5.74) is -0.938. The van der Waals surface area contributed by atoms with E-state index in [1.54, 1.807) is 0 Å². The van der Waals surface area contributed by atoms with Crippen LogP contribution in [0.3, 0.4) is 0 Å². The zero-order chi connectivity index (χ0) is 14.6. The molecule has 1 amide bonds. The number of amides is 1. The number of carbonyl (C=O) groups is 1. The molecule has 19 heavy (non-hydrogen) atoms. The van der Waals surface area contributed by atoms with Gasteiger partial charge in [-0.3, -0.25) is 9.69 Å². The van der Waals surface area contributed by atoms with Crippen LogP contribution in [0, 0.1) is 5.41 Å². The van der Waals surface area contributed by atoms with Crippen LogP contribution in [0.15, 0.2) is 0 Å². The quantitative estimate of drug-likeness (QED) is 0.573. The lowest BCUT2D eigenvalue weighted by molar-refractivity contribution is -0.164. The standard InChI is InChI=1S/C12H22N2O4S/c1-3-12(4-2)9(17)13(5-7-15)11(19)14(6-8-16)10(12)18/h9,15-17H,3-8H2,1-2H3. The Kier molecular flexibility index (Phi) is 5.66. The molecule has 0 aromatic rings. The molecule has 0 saturated carbocycles. The zero-order valence-corrected chi connectivity index (χ0v) is 12.2. The van der Waals surface area contributed by atoms with Crippen LogP contribution in [-0.4, -0.2) is 68.7 Å². The smallest absolute Gasteiger partial charge is 0.239 e. The van der Waals surface area contributed by atoms with E-state index in [2.05, 4.69) is 0 Å². The van der Waals surface area contributed by atoms with Crippen molar-refractivity contribution in [2.75, 3.05) is 26.3 Å². The summed E-state index contributed by atoms with van der Waals surface area (Å²) in [5.74, 6) is -0.252. The number of nitrogens with zero attached hydrogens (tertiary/aromatic N) is 2. The van der Waals surface area contributed by atoms with Crippen molar-refractivity contribution >= 4 is 23.2 Å². The van der Waals surface area contributed by atoms with Crippen molar-refractivity contribution in [3.8, 4) is 0 Å². The molecule has 1 heterocycles. The summed E-state index contributed by atoms with van der Waals surface area (Å²) in [4.78, 5) is 15.3. The average Bonchev–Trinajstić information content (AvgIpc) is 2.41. The minimum absolute atomic E-state index is 0.105. The van der Waals surface area contributed by atoms with Crippen molar-refractivity contribution in [3.05, 3.63) is 0 Å². The fraction of sp³-hybridized carbons (Fsp3) is 0.833. The highest BCUT2D eigenvalue weighted by Gasteiger charge is 2.52. The Morgan fingerprint density at radius 3 is 2.16 bits per heavy atom. The molecule has 1 atom stereocenters. The van der Waals surface area contributed by atoms with Crippen LogP contribution in [-0.2, 0) is 4.79 Å². The van der Waals surface area contributed by atoms with Gasteiger partial charge in [0.05, 0.1) is 25.2 Å². The molecule has 0 radical (unpaired) electrons. The molecule has 7 heteroatoms. The fourth-order valence-electron chi connectivity index (χ4n) is 2.56. The Hall–Kier alpha value is -0.760. The molecular formula is C12H22N2O4S. The van der Waals surface area contributed by atoms with Gasteiger partial charge in [-0.05, 0) is 25.1 Å². The molecule has 0 aromatic carbocycles. The van der Waals surface area contributed by atoms with Crippen LogP contribution in [0.1, 0.15) is 26.7 Å². The maximum absolute atomic E-state index is 12.5. The van der Waals surface area contributed by atoms with Gasteiger partial charge in [-0.25, -0.2) is 0 Å². The molecule has 1 aliphatic rings. The number of rotatable bonds is 6. The van der Waals surface area contributed by atoms with Gasteiger partial charge < -0.3 is 20.2 Å². The highest BCUT2D eigenvalue weighted by atomic mass is 32.1. The van der Waals surface area contributed by atoms with Crippen LogP contribution in [0.5, 0.6) is 0 Å². The van der Waals surface area contributed by atoms with Gasteiger partial charge in [0.25, 0.3) is 0 Å². The van der Waals surface area contributed by atoms with Gasteiger partial charge in [0.15, 0.2) is 5.11 Å². The molecule has 0 bridgehead atoms. The number of aliphatic hydroxyl groups excluding tert-OH is 3. The van der Waals surface area contributed by atoms with Gasteiger partial charge in [0.1, 0.15) is 6.23 Å². The van der Waals surface area contributed by atoms with Crippen LogP contribution in [0.25, 0.3) is 0 Å². The van der Waals surface area contributed by atoms with E-state index in [1.165, 1.54) is 9.80 Å². The Balaban J connectivity index is 3.18. The lowest BCUT2D eigenvalue weighted by atomic mass is 9.77. The largest absolute Gasteiger partial charge is 0.395 e. The second-order valence-electron chi connectivity index (χ2n) is 4.62. The first-order valence-corrected chi connectivity index (χ1v) is 6.93. The second kappa shape index (κ2) is 6.60. The van der Waals surface area contributed by atoms with E-state index in [0.29, 0.717) is 12.8 Å². The van der Waals surface area contributed by atoms with E-state index in [0.717, 1.165) is 0 Å². The summed E-state index contributed by atoms with van der Waals surface area (Å²) in [6.45, 7) is 3.59. The Morgan fingerprint density at radius 2 is 1.74 bits per heavy atom. The first-order valence-electron chi connectivity index (χ1n) is 6.52.